The lowest BCUT2D eigenvalue weighted by Crippen LogP contribution is -2.28. The first-order valence-corrected chi connectivity index (χ1v) is 9.64. The number of benzene rings is 3. The molecule has 4 heteroatoms. The second-order valence-electron chi connectivity index (χ2n) is 6.81. The van der Waals surface area contributed by atoms with Crippen LogP contribution in [0.15, 0.2) is 84.9 Å². The summed E-state index contributed by atoms with van der Waals surface area (Å²) in [5, 5.41) is 3.81. The molecule has 1 heterocycles. The number of hydrogen-bond donors (Lipinski definition) is 1. The molecule has 3 aromatic carbocycles. The Labute approximate surface area is 170 Å². The van der Waals surface area contributed by atoms with Crippen LogP contribution >= 0.6 is 0 Å². The molecule has 0 bridgehead atoms. The second-order valence-corrected chi connectivity index (χ2v) is 6.81. The fourth-order valence-electron chi connectivity index (χ4n) is 3.26. The Kier molecular flexibility index (Phi) is 5.52. The normalized spacial score (nSPS) is 10.7. The minimum Gasteiger partial charge on any atom is -0.491 e. The van der Waals surface area contributed by atoms with E-state index in [1.165, 1.54) is 0 Å². The summed E-state index contributed by atoms with van der Waals surface area (Å²) < 4.78 is 5.78. The summed E-state index contributed by atoms with van der Waals surface area (Å²) in [5.74, 6) is 0.705. The van der Waals surface area contributed by atoms with E-state index in [-0.39, 0.29) is 5.91 Å². The van der Waals surface area contributed by atoms with E-state index in [9.17, 15) is 4.79 Å². The third kappa shape index (κ3) is 4.27. The number of aryl methyl sites for hydroxylation is 1. The van der Waals surface area contributed by atoms with Gasteiger partial charge in [0.2, 0.25) is 0 Å². The van der Waals surface area contributed by atoms with Gasteiger partial charge in [0.25, 0.3) is 5.91 Å². The Hall–Kier alpha value is -3.66. The van der Waals surface area contributed by atoms with Gasteiger partial charge in [0, 0.05) is 10.9 Å². The summed E-state index contributed by atoms with van der Waals surface area (Å²) in [6, 6.07) is 27.3. The number of nitrogens with zero attached hydrogens (tertiary/aromatic N) is 1. The molecule has 1 N–H and O–H groups in total. The van der Waals surface area contributed by atoms with Crippen molar-refractivity contribution in [3.8, 4) is 17.0 Å². The number of carbonyl (C=O) groups excluding carboxylic acids is 1. The molecule has 4 aromatic rings. The standard InChI is InChI=1S/C25H22N2O2/c1-18-9-5-8-14-24(18)29-16-15-26-25(28)21-17-23(19-10-3-2-4-11-19)27-22-13-7-6-12-20(21)22/h2-14,17H,15-16H2,1H3,(H,26,28). The maximum absolute atomic E-state index is 12.9. The summed E-state index contributed by atoms with van der Waals surface area (Å²) in [6.07, 6.45) is 0. The van der Waals surface area contributed by atoms with E-state index < -0.39 is 0 Å². The number of fused-ring (bicyclic) bond motifs is 1. The average Bonchev–Trinajstić information content (AvgIpc) is 2.77. The first kappa shape index (κ1) is 18.7. The topological polar surface area (TPSA) is 51.2 Å². The summed E-state index contributed by atoms with van der Waals surface area (Å²) in [7, 11) is 0. The smallest absolute Gasteiger partial charge is 0.252 e. The number of amides is 1. The summed E-state index contributed by atoms with van der Waals surface area (Å²) >= 11 is 0. The minimum absolute atomic E-state index is 0.130. The largest absolute Gasteiger partial charge is 0.491 e. The maximum atomic E-state index is 12.9. The first-order chi connectivity index (χ1) is 14.2. The van der Waals surface area contributed by atoms with E-state index >= 15 is 0 Å². The maximum Gasteiger partial charge on any atom is 0.252 e. The fraction of sp³-hybridized carbons (Fsp3) is 0.120. The van der Waals surface area contributed by atoms with Gasteiger partial charge in [-0.3, -0.25) is 4.79 Å². The highest BCUT2D eigenvalue weighted by Crippen LogP contribution is 2.24. The van der Waals surface area contributed by atoms with Crippen LogP contribution in [0.25, 0.3) is 22.2 Å². The van der Waals surface area contributed by atoms with Crippen LogP contribution in [0.4, 0.5) is 0 Å². The van der Waals surface area contributed by atoms with Crippen molar-refractivity contribution in [2.24, 2.45) is 0 Å². The van der Waals surface area contributed by atoms with Gasteiger partial charge in [-0.15, -0.1) is 0 Å². The number of aromatic nitrogens is 1. The molecule has 0 saturated carbocycles. The lowest BCUT2D eigenvalue weighted by atomic mass is 10.0. The number of pyridine rings is 1. The predicted octanol–water partition coefficient (Wildman–Crippen LogP) is 5.02. The number of rotatable bonds is 6. The van der Waals surface area contributed by atoms with E-state index in [2.05, 4.69) is 5.32 Å². The number of para-hydroxylation sites is 2. The van der Waals surface area contributed by atoms with Crippen molar-refractivity contribution in [3.05, 3.63) is 96.1 Å². The molecule has 0 atom stereocenters. The Balaban J connectivity index is 1.53. The molecule has 1 amide bonds. The highest BCUT2D eigenvalue weighted by Gasteiger charge is 2.13. The Bertz CT molecular complexity index is 1140. The first-order valence-electron chi connectivity index (χ1n) is 9.64. The van der Waals surface area contributed by atoms with Crippen molar-refractivity contribution in [1.82, 2.24) is 10.3 Å². The van der Waals surface area contributed by atoms with Gasteiger partial charge in [0.15, 0.2) is 0 Å². The van der Waals surface area contributed by atoms with Crippen LogP contribution in [0.3, 0.4) is 0 Å². The van der Waals surface area contributed by atoms with E-state index in [0.29, 0.717) is 18.7 Å². The van der Waals surface area contributed by atoms with Gasteiger partial charge < -0.3 is 10.1 Å². The van der Waals surface area contributed by atoms with Gasteiger partial charge in [-0.05, 0) is 30.7 Å². The number of hydrogen-bond acceptors (Lipinski definition) is 3. The van der Waals surface area contributed by atoms with Crippen LogP contribution in [0.5, 0.6) is 5.75 Å². The van der Waals surface area contributed by atoms with Gasteiger partial charge in [0.1, 0.15) is 12.4 Å². The van der Waals surface area contributed by atoms with Gasteiger partial charge in [0.05, 0.1) is 23.3 Å². The van der Waals surface area contributed by atoms with E-state index in [1.54, 1.807) is 0 Å². The Morgan fingerprint density at radius 1 is 0.931 bits per heavy atom. The Morgan fingerprint density at radius 3 is 2.48 bits per heavy atom. The van der Waals surface area contributed by atoms with Crippen LogP contribution in [0.2, 0.25) is 0 Å². The highest BCUT2D eigenvalue weighted by molar-refractivity contribution is 6.07. The lowest BCUT2D eigenvalue weighted by Gasteiger charge is -2.12. The molecule has 0 radical (unpaired) electrons. The molecule has 4 rings (SSSR count). The molecule has 0 fully saturated rings. The van der Waals surface area contributed by atoms with Crippen LogP contribution in [-0.2, 0) is 0 Å². The van der Waals surface area contributed by atoms with Gasteiger partial charge in [-0.2, -0.15) is 0 Å². The molecule has 0 spiro atoms. The molecule has 0 aliphatic heterocycles. The lowest BCUT2D eigenvalue weighted by molar-refractivity contribution is 0.0948. The highest BCUT2D eigenvalue weighted by atomic mass is 16.5. The molecule has 29 heavy (non-hydrogen) atoms. The van der Waals surface area contributed by atoms with Crippen molar-refractivity contribution in [1.29, 1.82) is 0 Å². The molecule has 1 aromatic heterocycles. The fourth-order valence-corrected chi connectivity index (χ4v) is 3.26. The number of nitrogens with one attached hydrogen (secondary N) is 1. The predicted molar refractivity (Wildman–Crippen MR) is 116 cm³/mol. The quantitative estimate of drug-likeness (QED) is 0.477. The number of ether oxygens (including phenoxy) is 1. The van der Waals surface area contributed by atoms with E-state index in [4.69, 9.17) is 9.72 Å². The average molecular weight is 382 g/mol. The van der Waals surface area contributed by atoms with Crippen LogP contribution in [0, 0.1) is 6.92 Å². The SMILES string of the molecule is Cc1ccccc1OCCNC(=O)c1cc(-c2ccccc2)nc2ccccc12. The van der Waals surface area contributed by atoms with E-state index in [0.717, 1.165) is 33.5 Å². The van der Waals surface area contributed by atoms with Gasteiger partial charge in [-0.25, -0.2) is 4.98 Å². The zero-order valence-electron chi connectivity index (χ0n) is 16.3. The van der Waals surface area contributed by atoms with Gasteiger partial charge >= 0.3 is 0 Å². The van der Waals surface area contributed by atoms with Crippen LogP contribution < -0.4 is 10.1 Å². The Morgan fingerprint density at radius 2 is 1.66 bits per heavy atom. The molecule has 0 saturated heterocycles. The molecule has 0 aliphatic carbocycles. The van der Waals surface area contributed by atoms with Gasteiger partial charge in [-0.1, -0.05) is 66.7 Å². The monoisotopic (exact) mass is 382 g/mol. The second kappa shape index (κ2) is 8.57. The molecule has 4 nitrogen and oxygen atoms in total. The molecule has 0 aliphatic rings. The molecular formula is C25H22N2O2. The third-order valence-corrected chi connectivity index (χ3v) is 4.77. The molecule has 0 unspecified atom stereocenters. The molecular weight excluding hydrogens is 360 g/mol. The summed E-state index contributed by atoms with van der Waals surface area (Å²) in [5.41, 5.74) is 4.26. The molecule has 144 valence electrons. The van der Waals surface area contributed by atoms with E-state index in [1.807, 2.05) is 91.9 Å². The number of carbonyl (C=O) groups is 1. The van der Waals surface area contributed by atoms with Crippen molar-refractivity contribution >= 4 is 16.8 Å². The summed E-state index contributed by atoms with van der Waals surface area (Å²) in [4.78, 5) is 17.7. The van der Waals surface area contributed by atoms with Crippen LogP contribution in [-0.4, -0.2) is 24.0 Å². The van der Waals surface area contributed by atoms with Crippen LogP contribution in [0.1, 0.15) is 15.9 Å². The zero-order chi connectivity index (χ0) is 20.1. The summed E-state index contributed by atoms with van der Waals surface area (Å²) in [6.45, 7) is 2.83. The third-order valence-electron chi connectivity index (χ3n) is 4.77. The zero-order valence-corrected chi connectivity index (χ0v) is 16.3. The van der Waals surface area contributed by atoms with Crippen molar-refractivity contribution in [2.45, 2.75) is 6.92 Å². The minimum atomic E-state index is -0.130. The van der Waals surface area contributed by atoms with Crippen molar-refractivity contribution in [2.75, 3.05) is 13.2 Å². The van der Waals surface area contributed by atoms with Crippen molar-refractivity contribution < 1.29 is 9.53 Å². The van der Waals surface area contributed by atoms with Crippen molar-refractivity contribution in [3.63, 3.8) is 0 Å².